The molecule has 0 heterocycles. The van der Waals surface area contributed by atoms with Crippen molar-refractivity contribution in [2.24, 2.45) is 0 Å². The Bertz CT molecular complexity index is 229. The molecule has 1 nitrogen and oxygen atoms in total. The first-order valence-corrected chi connectivity index (χ1v) is 4.78. The fraction of sp³-hybridized carbons (Fsp3) is 0.300. The van der Waals surface area contributed by atoms with Crippen LogP contribution in [0.5, 0.6) is 0 Å². The minimum atomic E-state index is 1.17. The zero-order valence-electron chi connectivity index (χ0n) is 7.96. The molecular formula is C10H17NP+. The second-order valence-corrected chi connectivity index (χ2v) is 2.42. The average molecular weight is 182 g/mol. The molecule has 0 aliphatic heterocycles. The van der Waals surface area contributed by atoms with E-state index in [0.717, 1.165) is 0 Å². The predicted octanol–water partition coefficient (Wildman–Crippen LogP) is 1.39. The van der Waals surface area contributed by atoms with Gasteiger partial charge < -0.3 is 0 Å². The van der Waals surface area contributed by atoms with Crippen LogP contribution in [0.3, 0.4) is 0 Å². The van der Waals surface area contributed by atoms with Gasteiger partial charge in [0.05, 0.1) is 0 Å². The SMILES string of the molecule is C/C(=[NH+]/P)c1ccccc1.CC. The molecule has 1 aromatic rings. The lowest BCUT2D eigenvalue weighted by Gasteiger charge is -1.90. The molecule has 2 heteroatoms. The summed E-state index contributed by atoms with van der Waals surface area (Å²) in [6.45, 7) is 6.04. The standard InChI is InChI=1S/C8H10NP.C2H6/c1-7(9-10)8-5-3-2-4-6-8;1-2/h2-6H,10H2,1H3;1-2H3/p+1/b9-7-;. The van der Waals surface area contributed by atoms with Gasteiger partial charge in [-0.05, 0) is 12.1 Å². The summed E-state index contributed by atoms with van der Waals surface area (Å²) >= 11 is 0. The summed E-state index contributed by atoms with van der Waals surface area (Å²) in [5.41, 5.74) is 2.41. The summed E-state index contributed by atoms with van der Waals surface area (Å²) < 4.78 is 3.01. The molecule has 0 aliphatic carbocycles. The summed E-state index contributed by atoms with van der Waals surface area (Å²) in [5, 5.41) is 0. The smallest absolute Gasteiger partial charge is 0.179 e. The zero-order valence-corrected chi connectivity index (χ0v) is 9.12. The van der Waals surface area contributed by atoms with Crippen LogP contribution < -0.4 is 4.76 Å². The molecule has 1 unspecified atom stereocenters. The van der Waals surface area contributed by atoms with Gasteiger partial charge in [-0.2, -0.15) is 0 Å². The quantitative estimate of drug-likeness (QED) is 0.498. The minimum Gasteiger partial charge on any atom is -0.236 e. The van der Waals surface area contributed by atoms with E-state index in [2.05, 4.69) is 26.3 Å². The number of nitrogens with one attached hydrogen (secondary N) is 1. The van der Waals surface area contributed by atoms with Crippen LogP contribution in [0.4, 0.5) is 0 Å². The Morgan fingerprint density at radius 1 is 1.17 bits per heavy atom. The highest BCUT2D eigenvalue weighted by atomic mass is 31.0. The van der Waals surface area contributed by atoms with Crippen LogP contribution in [0, 0.1) is 0 Å². The Labute approximate surface area is 77.2 Å². The average Bonchev–Trinajstić information content (AvgIpc) is 2.21. The van der Waals surface area contributed by atoms with E-state index in [1.54, 1.807) is 0 Å². The van der Waals surface area contributed by atoms with Crippen molar-refractivity contribution in [1.29, 1.82) is 0 Å². The third-order valence-corrected chi connectivity index (χ3v) is 1.86. The second-order valence-electron chi connectivity index (χ2n) is 2.14. The molecule has 0 radical (unpaired) electrons. The van der Waals surface area contributed by atoms with Crippen LogP contribution in [0.2, 0.25) is 0 Å². The van der Waals surface area contributed by atoms with E-state index in [9.17, 15) is 0 Å². The molecule has 0 amide bonds. The fourth-order valence-electron chi connectivity index (χ4n) is 0.771. The van der Waals surface area contributed by atoms with Crippen LogP contribution in [0.15, 0.2) is 30.3 Å². The highest BCUT2D eigenvalue weighted by Crippen LogP contribution is 1.96. The first-order valence-electron chi connectivity index (χ1n) is 4.20. The van der Waals surface area contributed by atoms with E-state index in [-0.39, 0.29) is 0 Å². The first kappa shape index (κ1) is 11.3. The monoisotopic (exact) mass is 182 g/mol. The molecule has 12 heavy (non-hydrogen) atoms. The molecule has 0 spiro atoms. The Balaban J connectivity index is 0.000000561. The first-order chi connectivity index (χ1) is 5.84. The van der Waals surface area contributed by atoms with Crippen molar-refractivity contribution < 1.29 is 4.76 Å². The summed E-state index contributed by atoms with van der Waals surface area (Å²) in [6.07, 6.45) is 0. The van der Waals surface area contributed by atoms with Crippen LogP contribution >= 0.6 is 9.39 Å². The van der Waals surface area contributed by atoms with Crippen LogP contribution in [-0.4, -0.2) is 5.71 Å². The van der Waals surface area contributed by atoms with Gasteiger partial charge in [0.25, 0.3) is 0 Å². The molecule has 0 saturated carbocycles. The third kappa shape index (κ3) is 3.64. The summed E-state index contributed by atoms with van der Waals surface area (Å²) in [7, 11) is 2.48. The molecule has 1 N–H and O–H groups in total. The highest BCUT2D eigenvalue weighted by Gasteiger charge is 1.96. The van der Waals surface area contributed by atoms with E-state index in [1.165, 1.54) is 11.3 Å². The van der Waals surface area contributed by atoms with Crippen molar-refractivity contribution in [1.82, 2.24) is 0 Å². The lowest BCUT2D eigenvalue weighted by molar-refractivity contribution is -0.248. The van der Waals surface area contributed by atoms with E-state index in [0.29, 0.717) is 0 Å². The van der Waals surface area contributed by atoms with Gasteiger partial charge in [-0.15, -0.1) is 0 Å². The lowest BCUT2D eigenvalue weighted by Crippen LogP contribution is -2.58. The summed E-state index contributed by atoms with van der Waals surface area (Å²) in [5.74, 6) is 0. The molecule has 66 valence electrons. The van der Waals surface area contributed by atoms with Crippen LogP contribution in [0.25, 0.3) is 0 Å². The Kier molecular flexibility index (Phi) is 6.60. The minimum absolute atomic E-state index is 1.17. The molecule has 1 aromatic carbocycles. The topological polar surface area (TPSA) is 14.0 Å². The molecule has 0 bridgehead atoms. The van der Waals surface area contributed by atoms with Crippen molar-refractivity contribution in [3.63, 3.8) is 0 Å². The summed E-state index contributed by atoms with van der Waals surface area (Å²) in [6, 6.07) is 10.2. The molecule has 0 saturated heterocycles. The Morgan fingerprint density at radius 3 is 2.08 bits per heavy atom. The van der Waals surface area contributed by atoms with E-state index in [1.807, 2.05) is 39.0 Å². The van der Waals surface area contributed by atoms with Crippen molar-refractivity contribution in [2.45, 2.75) is 20.8 Å². The number of hydrogen-bond donors (Lipinski definition) is 1. The number of hydrogen-bond acceptors (Lipinski definition) is 0. The molecule has 1 rings (SSSR count). The van der Waals surface area contributed by atoms with Crippen LogP contribution in [0.1, 0.15) is 26.3 Å². The maximum atomic E-state index is 3.01. The Morgan fingerprint density at radius 2 is 1.67 bits per heavy atom. The van der Waals surface area contributed by atoms with Gasteiger partial charge in [-0.1, -0.05) is 32.0 Å². The van der Waals surface area contributed by atoms with Crippen molar-refractivity contribution in [2.75, 3.05) is 0 Å². The van der Waals surface area contributed by atoms with Gasteiger partial charge in [-0.3, -0.25) is 0 Å². The van der Waals surface area contributed by atoms with Gasteiger partial charge in [0.15, 0.2) is 5.71 Å². The maximum absolute atomic E-state index is 3.01. The summed E-state index contributed by atoms with van der Waals surface area (Å²) in [4.78, 5) is 0. The molecule has 1 atom stereocenters. The lowest BCUT2D eigenvalue weighted by atomic mass is 10.1. The molecule has 0 aliphatic rings. The zero-order chi connectivity index (χ0) is 9.40. The van der Waals surface area contributed by atoms with E-state index >= 15 is 0 Å². The maximum Gasteiger partial charge on any atom is 0.179 e. The number of benzene rings is 1. The number of rotatable bonds is 1. The van der Waals surface area contributed by atoms with Gasteiger partial charge in [0, 0.05) is 12.5 Å². The van der Waals surface area contributed by atoms with Crippen molar-refractivity contribution in [3.05, 3.63) is 35.9 Å². The third-order valence-electron chi connectivity index (χ3n) is 1.42. The van der Waals surface area contributed by atoms with Gasteiger partial charge in [0.2, 0.25) is 0 Å². The second kappa shape index (κ2) is 7.00. The van der Waals surface area contributed by atoms with Crippen molar-refractivity contribution >= 4 is 15.1 Å². The fourth-order valence-corrected chi connectivity index (χ4v) is 0.938. The van der Waals surface area contributed by atoms with Gasteiger partial charge in [0.1, 0.15) is 9.39 Å². The normalized spacial score (nSPS) is 10.2. The molecule has 0 aromatic heterocycles. The van der Waals surface area contributed by atoms with E-state index in [4.69, 9.17) is 0 Å². The van der Waals surface area contributed by atoms with Crippen LogP contribution in [-0.2, 0) is 0 Å². The predicted molar refractivity (Wildman–Crippen MR) is 58.2 cm³/mol. The van der Waals surface area contributed by atoms with E-state index < -0.39 is 0 Å². The molecule has 0 fully saturated rings. The van der Waals surface area contributed by atoms with Gasteiger partial charge >= 0.3 is 0 Å². The molecular weight excluding hydrogens is 165 g/mol. The Hall–Kier alpha value is -0.680. The van der Waals surface area contributed by atoms with Gasteiger partial charge in [-0.25, -0.2) is 4.76 Å². The van der Waals surface area contributed by atoms with Crippen molar-refractivity contribution in [3.8, 4) is 0 Å². The highest BCUT2D eigenvalue weighted by molar-refractivity contribution is 7.07. The largest absolute Gasteiger partial charge is 0.236 e.